The van der Waals surface area contributed by atoms with Crippen molar-refractivity contribution < 1.29 is 18.8 Å². The molecule has 0 aliphatic carbocycles. The maximum absolute atomic E-state index is 13.4. The smallest absolute Gasteiger partial charge is 0.444 e. The predicted octanol–water partition coefficient (Wildman–Crippen LogP) is 5.51. The van der Waals surface area contributed by atoms with Gasteiger partial charge >= 0.3 is 13.2 Å². The standard InChI is InChI=1S/C27H43BN2O4/c1-24(2,3)32-23(31)30-22-14-16-27(30,8)19-29(18-20-12-10-9-11-13-20)21(22)15-17-28-33-25(4,5)26(6,7)34-28/h9-13,21-22H,14-19H2,1-8H3/t21-,22+,27-/m1/s1. The summed E-state index contributed by atoms with van der Waals surface area (Å²) in [6, 6.07) is 11.0. The number of nitrogens with zero attached hydrogens (tertiary/aromatic N) is 2. The van der Waals surface area contributed by atoms with Crippen LogP contribution in [-0.4, -0.2) is 64.0 Å². The van der Waals surface area contributed by atoms with Crippen LogP contribution in [-0.2, 0) is 20.6 Å². The van der Waals surface area contributed by atoms with Crippen molar-refractivity contribution in [3.63, 3.8) is 0 Å². The van der Waals surface area contributed by atoms with E-state index >= 15 is 0 Å². The first-order valence-corrected chi connectivity index (χ1v) is 12.9. The molecule has 188 valence electrons. The predicted molar refractivity (Wildman–Crippen MR) is 136 cm³/mol. The number of carbonyl (C=O) groups excluding carboxylic acids is 1. The number of likely N-dealkylation sites (tertiary alicyclic amines) is 1. The van der Waals surface area contributed by atoms with E-state index in [4.69, 9.17) is 14.0 Å². The van der Waals surface area contributed by atoms with Crippen molar-refractivity contribution in [2.45, 2.75) is 122 Å². The Morgan fingerprint density at radius 3 is 2.29 bits per heavy atom. The van der Waals surface area contributed by atoms with Gasteiger partial charge < -0.3 is 14.0 Å². The van der Waals surface area contributed by atoms with Crippen molar-refractivity contribution in [3.8, 4) is 0 Å². The first kappa shape index (κ1) is 25.5. The normalized spacial score (nSPS) is 30.6. The summed E-state index contributed by atoms with van der Waals surface area (Å²) < 4.78 is 18.5. The van der Waals surface area contributed by atoms with Crippen molar-refractivity contribution in [1.82, 2.24) is 9.80 Å². The highest BCUT2D eigenvalue weighted by atomic mass is 16.7. The second kappa shape index (κ2) is 8.83. The molecule has 1 aromatic rings. The van der Waals surface area contributed by atoms with E-state index in [1.807, 2.05) is 20.8 Å². The summed E-state index contributed by atoms with van der Waals surface area (Å²) in [6.07, 6.45) is 3.52. The lowest BCUT2D eigenvalue weighted by atomic mass is 9.79. The summed E-state index contributed by atoms with van der Waals surface area (Å²) >= 11 is 0. The molecule has 3 atom stereocenters. The Labute approximate surface area is 206 Å². The lowest BCUT2D eigenvalue weighted by Crippen LogP contribution is -2.66. The maximum Gasteiger partial charge on any atom is 0.457 e. The second-order valence-corrected chi connectivity index (χ2v) is 12.7. The molecule has 4 rings (SSSR count). The van der Waals surface area contributed by atoms with Crippen LogP contribution in [0.15, 0.2) is 30.3 Å². The van der Waals surface area contributed by atoms with E-state index in [0.717, 1.165) is 38.7 Å². The van der Waals surface area contributed by atoms with Crippen LogP contribution in [0, 0.1) is 0 Å². The zero-order valence-corrected chi connectivity index (χ0v) is 22.4. The van der Waals surface area contributed by atoms with Gasteiger partial charge in [0, 0.05) is 19.1 Å². The third-order valence-electron chi connectivity index (χ3n) is 8.17. The van der Waals surface area contributed by atoms with Crippen LogP contribution < -0.4 is 0 Å². The molecule has 0 unspecified atom stereocenters. The molecule has 1 aromatic carbocycles. The summed E-state index contributed by atoms with van der Waals surface area (Å²) in [6.45, 7) is 18.2. The van der Waals surface area contributed by atoms with Gasteiger partial charge in [-0.2, -0.15) is 0 Å². The van der Waals surface area contributed by atoms with E-state index in [-0.39, 0.29) is 42.0 Å². The van der Waals surface area contributed by atoms with Crippen molar-refractivity contribution in [2.75, 3.05) is 6.54 Å². The van der Waals surface area contributed by atoms with Gasteiger partial charge in [0.25, 0.3) is 0 Å². The Hall–Kier alpha value is -1.57. The summed E-state index contributed by atoms with van der Waals surface area (Å²) in [5.41, 5.74) is -0.0865. The molecule has 3 heterocycles. The number of amides is 1. The second-order valence-electron chi connectivity index (χ2n) is 12.7. The molecule has 3 saturated heterocycles. The summed E-state index contributed by atoms with van der Waals surface area (Å²) in [7, 11) is -0.228. The first-order chi connectivity index (χ1) is 15.7. The third-order valence-corrected chi connectivity index (χ3v) is 8.17. The van der Waals surface area contributed by atoms with Gasteiger partial charge in [-0.05, 0) is 86.5 Å². The molecule has 3 fully saturated rings. The molecule has 1 amide bonds. The van der Waals surface area contributed by atoms with E-state index < -0.39 is 5.60 Å². The highest BCUT2D eigenvalue weighted by Gasteiger charge is 2.56. The molecule has 0 saturated carbocycles. The van der Waals surface area contributed by atoms with Crippen molar-refractivity contribution in [2.24, 2.45) is 0 Å². The fraction of sp³-hybridized carbons (Fsp3) is 0.741. The van der Waals surface area contributed by atoms with Crippen molar-refractivity contribution in [3.05, 3.63) is 35.9 Å². The minimum absolute atomic E-state index is 0.125. The van der Waals surface area contributed by atoms with Gasteiger partial charge in [0.05, 0.1) is 22.8 Å². The van der Waals surface area contributed by atoms with Crippen molar-refractivity contribution >= 4 is 13.2 Å². The minimum atomic E-state index is -0.508. The Bertz CT molecular complexity index is 868. The topological polar surface area (TPSA) is 51.2 Å². The van der Waals surface area contributed by atoms with Gasteiger partial charge in [-0.15, -0.1) is 0 Å². The molecule has 7 heteroatoms. The van der Waals surface area contributed by atoms with Crippen molar-refractivity contribution in [1.29, 1.82) is 0 Å². The lowest BCUT2D eigenvalue weighted by Gasteiger charge is -2.52. The van der Waals surface area contributed by atoms with E-state index in [9.17, 15) is 4.79 Å². The number of rotatable bonds is 5. The summed E-state index contributed by atoms with van der Waals surface area (Å²) in [5.74, 6) is 0. The fourth-order valence-corrected chi connectivity index (χ4v) is 5.85. The fourth-order valence-electron chi connectivity index (χ4n) is 5.85. The molecular formula is C27H43BN2O4. The zero-order valence-electron chi connectivity index (χ0n) is 22.4. The molecule has 3 aliphatic heterocycles. The highest BCUT2D eigenvalue weighted by Crippen LogP contribution is 2.45. The van der Waals surface area contributed by atoms with Gasteiger partial charge in [0.15, 0.2) is 0 Å². The Balaban J connectivity index is 1.56. The summed E-state index contributed by atoms with van der Waals surface area (Å²) in [5, 5.41) is 0. The van der Waals surface area contributed by atoms with E-state index in [1.54, 1.807) is 0 Å². The molecule has 3 aliphatic rings. The van der Waals surface area contributed by atoms with Gasteiger partial charge in [0.1, 0.15) is 5.60 Å². The molecule has 0 spiro atoms. The number of ether oxygens (including phenoxy) is 1. The number of fused-ring (bicyclic) bond motifs is 2. The minimum Gasteiger partial charge on any atom is -0.444 e. The Morgan fingerprint density at radius 2 is 1.71 bits per heavy atom. The van der Waals surface area contributed by atoms with E-state index in [0.29, 0.717) is 0 Å². The first-order valence-electron chi connectivity index (χ1n) is 12.9. The monoisotopic (exact) mass is 470 g/mol. The van der Waals surface area contributed by atoms with Crippen LogP contribution in [0.2, 0.25) is 6.32 Å². The maximum atomic E-state index is 13.4. The van der Waals surface area contributed by atoms with Gasteiger partial charge in [0.2, 0.25) is 0 Å². The van der Waals surface area contributed by atoms with Gasteiger partial charge in [-0.3, -0.25) is 9.80 Å². The average molecular weight is 470 g/mol. The zero-order chi connectivity index (χ0) is 24.9. The number of hydrogen-bond acceptors (Lipinski definition) is 5. The molecule has 0 radical (unpaired) electrons. The van der Waals surface area contributed by atoms with Crippen LogP contribution in [0.4, 0.5) is 4.79 Å². The summed E-state index contributed by atoms with van der Waals surface area (Å²) in [4.78, 5) is 18.0. The Morgan fingerprint density at radius 1 is 1.09 bits per heavy atom. The highest BCUT2D eigenvalue weighted by molar-refractivity contribution is 6.45. The van der Waals surface area contributed by atoms with Crippen LogP contribution in [0.25, 0.3) is 0 Å². The van der Waals surface area contributed by atoms with Crippen LogP contribution in [0.1, 0.15) is 80.2 Å². The molecule has 34 heavy (non-hydrogen) atoms. The molecule has 2 bridgehead atoms. The SMILES string of the molecule is CC(C)(C)OC(=O)N1[C@H]2CC[C@]1(C)CN(Cc1ccccc1)[C@@H]2CCB1OC(C)(C)C(C)(C)O1. The molecule has 0 N–H and O–H groups in total. The lowest BCUT2D eigenvalue weighted by molar-refractivity contribution is -0.0522. The largest absolute Gasteiger partial charge is 0.457 e. The molecular weight excluding hydrogens is 427 g/mol. The molecule has 6 nitrogen and oxygen atoms in total. The van der Waals surface area contributed by atoms with E-state index in [1.165, 1.54) is 5.56 Å². The third kappa shape index (κ3) is 5.03. The van der Waals surface area contributed by atoms with Crippen LogP contribution in [0.3, 0.4) is 0 Å². The Kier molecular flexibility index (Phi) is 6.63. The van der Waals surface area contributed by atoms with E-state index in [2.05, 4.69) is 74.8 Å². The van der Waals surface area contributed by atoms with Gasteiger partial charge in [-0.25, -0.2) is 4.79 Å². The number of benzene rings is 1. The number of hydrogen-bond donors (Lipinski definition) is 0. The number of carbonyl (C=O) groups is 1. The van der Waals surface area contributed by atoms with Gasteiger partial charge in [-0.1, -0.05) is 30.3 Å². The van der Waals surface area contributed by atoms with Crippen LogP contribution in [0.5, 0.6) is 0 Å². The molecule has 0 aromatic heterocycles. The number of piperazine rings is 1. The van der Waals surface area contributed by atoms with Crippen LogP contribution >= 0.6 is 0 Å². The quantitative estimate of drug-likeness (QED) is 0.531. The average Bonchev–Trinajstić information content (AvgIpc) is 3.08.